The maximum Gasteiger partial charge on any atom is 0.435 e. The zero-order valence-corrected chi connectivity index (χ0v) is 16.6. The summed E-state index contributed by atoms with van der Waals surface area (Å²) in [5, 5.41) is 19.3. The van der Waals surface area contributed by atoms with Gasteiger partial charge in [-0.1, -0.05) is 0 Å². The maximum absolute atomic E-state index is 13.0. The van der Waals surface area contributed by atoms with Crippen molar-refractivity contribution in [2.45, 2.75) is 57.5 Å². The first-order chi connectivity index (χ1) is 11.3. The summed E-state index contributed by atoms with van der Waals surface area (Å²) < 4.78 is 40.0. The molecule has 1 aromatic heterocycles. The highest BCUT2D eigenvalue weighted by Crippen LogP contribution is 2.30. The van der Waals surface area contributed by atoms with E-state index in [2.05, 4.69) is 20.7 Å². The average Bonchev–Trinajstić information content (AvgIpc) is 2.88. The Kier molecular flexibility index (Phi) is 8.45. The standard InChI is InChI=1S/C15H24F3N5O.HI/c1-3-19-14(21-11-4-6-12(24)7-5-11)20-8-10-9-23(2)22-13(10)15(16,17)18;/h9,11-12,24H,3-8H2,1-2H3,(H2,19,20,21);1H. The van der Waals surface area contributed by atoms with Gasteiger partial charge in [-0.05, 0) is 32.6 Å². The van der Waals surface area contributed by atoms with Gasteiger partial charge >= 0.3 is 6.18 Å². The Morgan fingerprint density at radius 1 is 1.36 bits per heavy atom. The van der Waals surface area contributed by atoms with Crippen molar-refractivity contribution in [1.29, 1.82) is 0 Å². The van der Waals surface area contributed by atoms with Gasteiger partial charge in [0.2, 0.25) is 0 Å². The molecule has 1 aliphatic carbocycles. The van der Waals surface area contributed by atoms with Crippen LogP contribution >= 0.6 is 24.0 Å². The van der Waals surface area contributed by atoms with Gasteiger partial charge in [0.15, 0.2) is 11.7 Å². The van der Waals surface area contributed by atoms with Gasteiger partial charge in [0.05, 0.1) is 12.6 Å². The highest BCUT2D eigenvalue weighted by molar-refractivity contribution is 14.0. The molecule has 144 valence electrons. The van der Waals surface area contributed by atoms with Crippen molar-refractivity contribution < 1.29 is 18.3 Å². The molecule has 10 heteroatoms. The molecule has 0 radical (unpaired) electrons. The van der Waals surface area contributed by atoms with Crippen LogP contribution in [0.3, 0.4) is 0 Å². The molecule has 1 fully saturated rings. The number of hydrogen-bond donors (Lipinski definition) is 3. The van der Waals surface area contributed by atoms with Crippen LogP contribution in [0.25, 0.3) is 0 Å². The Bertz CT molecular complexity index is 568. The molecule has 0 unspecified atom stereocenters. The monoisotopic (exact) mass is 475 g/mol. The molecular weight excluding hydrogens is 450 g/mol. The van der Waals surface area contributed by atoms with Crippen molar-refractivity contribution in [1.82, 2.24) is 20.4 Å². The van der Waals surface area contributed by atoms with E-state index in [1.54, 1.807) is 0 Å². The molecule has 3 N–H and O–H groups in total. The van der Waals surface area contributed by atoms with E-state index in [-0.39, 0.29) is 48.2 Å². The Morgan fingerprint density at radius 3 is 2.56 bits per heavy atom. The van der Waals surface area contributed by atoms with Gasteiger partial charge < -0.3 is 15.7 Å². The lowest BCUT2D eigenvalue weighted by Crippen LogP contribution is -2.45. The van der Waals surface area contributed by atoms with Crippen molar-refractivity contribution >= 4 is 29.9 Å². The second kappa shape index (κ2) is 9.60. The lowest BCUT2D eigenvalue weighted by molar-refractivity contribution is -0.142. The number of hydrogen-bond acceptors (Lipinski definition) is 3. The van der Waals surface area contributed by atoms with Crippen LogP contribution in [0.1, 0.15) is 43.9 Å². The lowest BCUT2D eigenvalue weighted by Gasteiger charge is -2.27. The minimum absolute atomic E-state index is 0. The molecule has 0 bridgehead atoms. The third kappa shape index (κ3) is 6.65. The fraction of sp³-hybridized carbons (Fsp3) is 0.733. The Hall–Kier alpha value is -1.04. The first-order valence-corrected chi connectivity index (χ1v) is 8.12. The summed E-state index contributed by atoms with van der Waals surface area (Å²) in [5.74, 6) is 0.482. The molecule has 0 spiro atoms. The molecule has 0 aromatic carbocycles. The van der Waals surface area contributed by atoms with E-state index in [9.17, 15) is 18.3 Å². The predicted molar refractivity (Wildman–Crippen MR) is 99.8 cm³/mol. The Morgan fingerprint density at radius 2 is 2.00 bits per heavy atom. The number of aliphatic hydroxyl groups excluding tert-OH is 1. The van der Waals surface area contributed by atoms with Crippen LogP contribution < -0.4 is 10.6 Å². The van der Waals surface area contributed by atoms with E-state index in [1.807, 2.05) is 6.92 Å². The molecule has 0 atom stereocenters. The van der Waals surface area contributed by atoms with Gasteiger partial charge in [0.25, 0.3) is 0 Å². The van der Waals surface area contributed by atoms with Crippen LogP contribution in [-0.4, -0.2) is 39.5 Å². The smallest absolute Gasteiger partial charge is 0.393 e. The van der Waals surface area contributed by atoms with E-state index < -0.39 is 11.9 Å². The first-order valence-electron chi connectivity index (χ1n) is 8.12. The van der Waals surface area contributed by atoms with Gasteiger partial charge in [0.1, 0.15) is 0 Å². The molecule has 25 heavy (non-hydrogen) atoms. The quantitative estimate of drug-likeness (QED) is 0.356. The van der Waals surface area contributed by atoms with Crippen molar-refractivity contribution in [2.75, 3.05) is 6.54 Å². The number of guanidine groups is 1. The number of nitrogens with one attached hydrogen (secondary N) is 2. The van der Waals surface area contributed by atoms with Crippen molar-refractivity contribution in [3.05, 3.63) is 17.5 Å². The molecule has 6 nitrogen and oxygen atoms in total. The summed E-state index contributed by atoms with van der Waals surface area (Å²) in [6, 6.07) is 0.169. The molecule has 2 rings (SSSR count). The van der Waals surface area contributed by atoms with Crippen molar-refractivity contribution in [2.24, 2.45) is 12.0 Å². The molecule has 1 saturated carbocycles. The highest BCUT2D eigenvalue weighted by Gasteiger charge is 2.36. The lowest BCUT2D eigenvalue weighted by atomic mass is 9.93. The number of alkyl halides is 3. The summed E-state index contributed by atoms with van der Waals surface area (Å²) in [4.78, 5) is 4.26. The topological polar surface area (TPSA) is 74.5 Å². The van der Waals surface area contributed by atoms with E-state index in [0.717, 1.165) is 30.4 Å². The summed E-state index contributed by atoms with van der Waals surface area (Å²) in [7, 11) is 1.46. The molecule has 0 amide bonds. The minimum atomic E-state index is -4.49. The zero-order chi connectivity index (χ0) is 17.7. The number of rotatable bonds is 4. The second-order valence-corrected chi connectivity index (χ2v) is 6.02. The van der Waals surface area contributed by atoms with Crippen molar-refractivity contribution in [3.8, 4) is 0 Å². The van der Waals surface area contributed by atoms with E-state index in [4.69, 9.17) is 0 Å². The van der Waals surface area contributed by atoms with Crippen LogP contribution in [0, 0.1) is 0 Å². The average molecular weight is 475 g/mol. The minimum Gasteiger partial charge on any atom is -0.393 e. The zero-order valence-electron chi connectivity index (χ0n) is 14.3. The van der Waals surface area contributed by atoms with Crippen LogP contribution in [0.2, 0.25) is 0 Å². The largest absolute Gasteiger partial charge is 0.435 e. The normalized spacial score (nSPS) is 21.6. The van der Waals surface area contributed by atoms with E-state index in [0.29, 0.717) is 12.5 Å². The van der Waals surface area contributed by atoms with E-state index in [1.165, 1.54) is 13.2 Å². The predicted octanol–water partition coefficient (Wildman–Crippen LogP) is 2.42. The number of nitrogens with zero attached hydrogens (tertiary/aromatic N) is 3. The summed E-state index contributed by atoms with van der Waals surface area (Å²) >= 11 is 0. The van der Waals surface area contributed by atoms with Crippen LogP contribution in [-0.2, 0) is 19.8 Å². The number of halogens is 4. The number of aromatic nitrogens is 2. The summed E-state index contributed by atoms with van der Waals surface area (Å²) in [6.45, 7) is 2.40. The molecular formula is C15H25F3IN5O. The fourth-order valence-electron chi connectivity index (χ4n) is 2.79. The SMILES string of the molecule is CCNC(=NCc1cn(C)nc1C(F)(F)F)NC1CCC(O)CC1.I. The van der Waals surface area contributed by atoms with Gasteiger partial charge in [-0.3, -0.25) is 4.68 Å². The highest BCUT2D eigenvalue weighted by atomic mass is 127. The number of aliphatic imine (C=N–C) groups is 1. The second-order valence-electron chi connectivity index (χ2n) is 6.02. The fourth-order valence-corrected chi connectivity index (χ4v) is 2.79. The van der Waals surface area contributed by atoms with Gasteiger partial charge in [-0.15, -0.1) is 24.0 Å². The van der Waals surface area contributed by atoms with Crippen molar-refractivity contribution in [3.63, 3.8) is 0 Å². The van der Waals surface area contributed by atoms with Gasteiger partial charge in [-0.2, -0.15) is 18.3 Å². The molecule has 0 saturated heterocycles. The molecule has 1 aliphatic rings. The summed E-state index contributed by atoms with van der Waals surface area (Å²) in [5.41, 5.74) is -0.855. The van der Waals surface area contributed by atoms with Crippen LogP contribution in [0.5, 0.6) is 0 Å². The molecule has 1 heterocycles. The number of aliphatic hydroxyl groups is 1. The van der Waals surface area contributed by atoms with Crippen LogP contribution in [0.15, 0.2) is 11.2 Å². The van der Waals surface area contributed by atoms with Gasteiger partial charge in [0, 0.05) is 31.4 Å². The summed E-state index contributed by atoms with van der Waals surface area (Å²) in [6.07, 6.45) is -0.342. The maximum atomic E-state index is 13.0. The Balaban J connectivity index is 0.00000312. The molecule has 1 aromatic rings. The third-order valence-corrected chi connectivity index (χ3v) is 3.96. The van der Waals surface area contributed by atoms with Crippen LogP contribution in [0.4, 0.5) is 13.2 Å². The molecule has 0 aliphatic heterocycles. The Labute approximate surface area is 162 Å². The third-order valence-electron chi connectivity index (χ3n) is 3.96. The number of aryl methyl sites for hydroxylation is 1. The first kappa shape index (κ1) is 22.0. The van der Waals surface area contributed by atoms with E-state index >= 15 is 0 Å². The van der Waals surface area contributed by atoms with Gasteiger partial charge in [-0.25, -0.2) is 4.99 Å².